The third-order valence-corrected chi connectivity index (χ3v) is 5.31. The van der Waals surface area contributed by atoms with Gasteiger partial charge in [-0.1, -0.05) is 5.16 Å². The zero-order chi connectivity index (χ0) is 17.4. The normalized spacial score (nSPS) is 20.6. The molecule has 0 spiro atoms. The molecule has 1 aliphatic carbocycles. The molecule has 2 aliphatic rings. The lowest BCUT2D eigenvalue weighted by atomic mass is 10.0. The fourth-order valence-corrected chi connectivity index (χ4v) is 4.10. The van der Waals surface area contributed by atoms with Crippen molar-refractivity contribution >= 4 is 11.8 Å². The number of nitrogens with zero attached hydrogens (tertiary/aromatic N) is 4. The number of likely N-dealkylation sites (tertiary alicyclic amines) is 1. The van der Waals surface area contributed by atoms with Crippen molar-refractivity contribution in [2.24, 2.45) is 7.05 Å². The Labute approximate surface area is 147 Å². The predicted molar refractivity (Wildman–Crippen MR) is 93.3 cm³/mol. The van der Waals surface area contributed by atoms with Crippen LogP contribution in [0.2, 0.25) is 0 Å². The number of carbonyl (C=O) groups is 1. The van der Waals surface area contributed by atoms with E-state index in [4.69, 9.17) is 9.51 Å². The average molecular weight is 343 g/mol. The second-order valence-corrected chi connectivity index (χ2v) is 7.14. The smallest absolute Gasteiger partial charge is 0.240 e. The molecule has 1 amide bonds. The molecule has 7 heteroatoms. The Morgan fingerprint density at radius 3 is 2.96 bits per heavy atom. The maximum atomic E-state index is 12.4. The molecule has 3 heterocycles. The van der Waals surface area contributed by atoms with Crippen molar-refractivity contribution in [1.82, 2.24) is 19.6 Å². The summed E-state index contributed by atoms with van der Waals surface area (Å²) < 4.78 is 7.34. The third kappa shape index (κ3) is 3.20. The molecule has 7 nitrogen and oxygen atoms in total. The van der Waals surface area contributed by atoms with E-state index in [-0.39, 0.29) is 11.9 Å². The van der Waals surface area contributed by atoms with Crippen molar-refractivity contribution in [3.63, 3.8) is 0 Å². The first-order valence-electron chi connectivity index (χ1n) is 9.13. The van der Waals surface area contributed by atoms with Crippen molar-refractivity contribution in [2.45, 2.75) is 51.5 Å². The van der Waals surface area contributed by atoms with Gasteiger partial charge in [0.2, 0.25) is 11.8 Å². The van der Waals surface area contributed by atoms with Crippen LogP contribution in [-0.4, -0.2) is 38.6 Å². The number of hydrogen-bond donors (Lipinski definition) is 1. The number of anilines is 1. The van der Waals surface area contributed by atoms with Crippen LogP contribution in [0, 0.1) is 6.92 Å². The van der Waals surface area contributed by atoms with Crippen LogP contribution in [0.15, 0.2) is 10.6 Å². The molecule has 1 N–H and O–H groups in total. The van der Waals surface area contributed by atoms with Crippen LogP contribution >= 0.6 is 0 Å². The van der Waals surface area contributed by atoms with Gasteiger partial charge in [0.15, 0.2) is 0 Å². The molecule has 0 aromatic carbocycles. The molecular weight excluding hydrogens is 318 g/mol. The molecule has 1 fully saturated rings. The molecule has 2 aromatic rings. The molecule has 1 atom stereocenters. The Kier molecular flexibility index (Phi) is 4.33. The summed E-state index contributed by atoms with van der Waals surface area (Å²) in [7, 11) is 2.13. The fraction of sp³-hybridized carbons (Fsp3) is 0.611. The summed E-state index contributed by atoms with van der Waals surface area (Å²) in [4.78, 5) is 19.5. The van der Waals surface area contributed by atoms with Gasteiger partial charge in [0, 0.05) is 18.8 Å². The predicted octanol–water partition coefficient (Wildman–Crippen LogP) is 2.37. The monoisotopic (exact) mass is 343 g/mol. The van der Waals surface area contributed by atoms with Crippen LogP contribution in [0.4, 0.5) is 5.88 Å². The number of fused-ring (bicyclic) bond motifs is 1. The second kappa shape index (κ2) is 6.63. The molecule has 0 radical (unpaired) electrons. The number of carbonyl (C=O) groups excluding carboxylic acids is 1. The van der Waals surface area contributed by atoms with Crippen LogP contribution in [0.5, 0.6) is 0 Å². The van der Waals surface area contributed by atoms with Crippen LogP contribution in [0.25, 0.3) is 0 Å². The van der Waals surface area contributed by atoms with Crippen LogP contribution in [-0.2, 0) is 24.7 Å². The molecule has 134 valence electrons. The molecular formula is C18H25N5O2. The molecule has 1 aliphatic heterocycles. The highest BCUT2D eigenvalue weighted by molar-refractivity contribution is 5.91. The summed E-state index contributed by atoms with van der Waals surface area (Å²) in [6, 6.07) is 1.95. The highest BCUT2D eigenvalue weighted by Gasteiger charge is 2.32. The zero-order valence-corrected chi connectivity index (χ0v) is 14.9. The highest BCUT2D eigenvalue weighted by atomic mass is 16.5. The topological polar surface area (TPSA) is 76.2 Å². The number of aromatic nitrogens is 3. The number of imidazole rings is 1. The Morgan fingerprint density at radius 1 is 1.36 bits per heavy atom. The summed E-state index contributed by atoms with van der Waals surface area (Å²) in [6.07, 6.45) is 6.84. The van der Waals surface area contributed by atoms with Gasteiger partial charge >= 0.3 is 0 Å². The number of amides is 1. The third-order valence-electron chi connectivity index (χ3n) is 5.31. The summed E-state index contributed by atoms with van der Waals surface area (Å²) in [5, 5.41) is 6.58. The van der Waals surface area contributed by atoms with E-state index in [0.717, 1.165) is 43.7 Å². The number of nitrogens with one attached hydrogen (secondary N) is 1. The highest BCUT2D eigenvalue weighted by Crippen LogP contribution is 2.33. The average Bonchev–Trinajstić information content (AvgIpc) is 3.28. The van der Waals surface area contributed by atoms with Gasteiger partial charge in [-0.3, -0.25) is 15.0 Å². The maximum absolute atomic E-state index is 12.4. The van der Waals surface area contributed by atoms with Gasteiger partial charge in [-0.15, -0.1) is 0 Å². The number of rotatable bonds is 4. The van der Waals surface area contributed by atoms with Crippen molar-refractivity contribution in [2.75, 3.05) is 18.4 Å². The summed E-state index contributed by atoms with van der Waals surface area (Å²) >= 11 is 0. The van der Waals surface area contributed by atoms with E-state index < -0.39 is 0 Å². The maximum Gasteiger partial charge on any atom is 0.240 e. The summed E-state index contributed by atoms with van der Waals surface area (Å²) in [5.74, 6) is 1.46. The Bertz CT molecular complexity index is 779. The second-order valence-electron chi connectivity index (χ2n) is 7.14. The SMILES string of the molecule is Cc1cc(NC(=O)CN2CCC[C@H]2c2nc3c(n2C)CCCC3)on1. The Hall–Kier alpha value is -2.15. The largest absolute Gasteiger partial charge is 0.338 e. The minimum absolute atomic E-state index is 0.0676. The van der Waals surface area contributed by atoms with Gasteiger partial charge in [-0.2, -0.15) is 0 Å². The van der Waals surface area contributed by atoms with Crippen LogP contribution < -0.4 is 5.32 Å². The van der Waals surface area contributed by atoms with Gasteiger partial charge in [0.1, 0.15) is 5.82 Å². The van der Waals surface area contributed by atoms with E-state index >= 15 is 0 Å². The molecule has 25 heavy (non-hydrogen) atoms. The van der Waals surface area contributed by atoms with Gasteiger partial charge in [0.25, 0.3) is 0 Å². The van der Waals surface area contributed by atoms with E-state index in [1.165, 1.54) is 24.2 Å². The van der Waals surface area contributed by atoms with E-state index in [0.29, 0.717) is 12.4 Å². The van der Waals surface area contributed by atoms with E-state index in [2.05, 4.69) is 27.0 Å². The van der Waals surface area contributed by atoms with Crippen LogP contribution in [0.3, 0.4) is 0 Å². The lowest BCUT2D eigenvalue weighted by Crippen LogP contribution is -2.33. The van der Waals surface area contributed by atoms with Crippen molar-refractivity contribution < 1.29 is 9.32 Å². The van der Waals surface area contributed by atoms with E-state index in [1.54, 1.807) is 6.07 Å². The van der Waals surface area contributed by atoms with Crippen molar-refractivity contribution in [1.29, 1.82) is 0 Å². The summed E-state index contributed by atoms with van der Waals surface area (Å²) in [5.41, 5.74) is 3.40. The molecule has 0 bridgehead atoms. The molecule has 0 saturated carbocycles. The Morgan fingerprint density at radius 2 is 2.20 bits per heavy atom. The first-order chi connectivity index (χ1) is 12.1. The van der Waals surface area contributed by atoms with Crippen LogP contribution in [0.1, 0.15) is 54.6 Å². The first-order valence-corrected chi connectivity index (χ1v) is 9.13. The molecule has 2 aromatic heterocycles. The quantitative estimate of drug-likeness (QED) is 0.922. The van der Waals surface area contributed by atoms with Gasteiger partial charge in [0.05, 0.1) is 24.0 Å². The standard InChI is InChI=1S/C18H25N5O2/c1-12-10-17(25-21-12)20-16(24)11-23-9-5-8-15(23)18-19-13-6-3-4-7-14(13)22(18)2/h10,15H,3-9,11H2,1-2H3,(H,20,24)/t15-/m0/s1. The summed E-state index contributed by atoms with van der Waals surface area (Å²) in [6.45, 7) is 3.10. The Balaban J connectivity index is 1.47. The first kappa shape index (κ1) is 16.3. The molecule has 0 unspecified atom stereocenters. The molecule has 4 rings (SSSR count). The minimum atomic E-state index is -0.0676. The lowest BCUT2D eigenvalue weighted by molar-refractivity contribution is -0.117. The van der Waals surface area contributed by atoms with Crippen molar-refractivity contribution in [3.05, 3.63) is 29.0 Å². The zero-order valence-electron chi connectivity index (χ0n) is 14.9. The lowest BCUT2D eigenvalue weighted by Gasteiger charge is -2.23. The minimum Gasteiger partial charge on any atom is -0.338 e. The number of aryl methyl sites for hydroxylation is 2. The van der Waals surface area contributed by atoms with Gasteiger partial charge < -0.3 is 9.09 Å². The fourth-order valence-electron chi connectivity index (χ4n) is 4.10. The van der Waals surface area contributed by atoms with Gasteiger partial charge in [-0.05, 0) is 52.0 Å². The van der Waals surface area contributed by atoms with Crippen molar-refractivity contribution in [3.8, 4) is 0 Å². The number of hydrogen-bond acceptors (Lipinski definition) is 5. The van der Waals surface area contributed by atoms with Gasteiger partial charge in [-0.25, -0.2) is 4.98 Å². The molecule has 1 saturated heterocycles. The van der Waals surface area contributed by atoms with E-state index in [9.17, 15) is 4.79 Å². The van der Waals surface area contributed by atoms with E-state index in [1.807, 2.05) is 6.92 Å².